The molecular formula is C15H10O4. The number of hydrogen-bond donors (Lipinski definition) is 3. The van der Waals surface area contributed by atoms with Crippen molar-refractivity contribution in [2.24, 2.45) is 0 Å². The Morgan fingerprint density at radius 1 is 0.737 bits per heavy atom. The van der Waals surface area contributed by atoms with E-state index in [4.69, 9.17) is 0 Å². The Balaban J connectivity index is 2.56. The van der Waals surface area contributed by atoms with E-state index >= 15 is 0 Å². The Labute approximate surface area is 108 Å². The van der Waals surface area contributed by atoms with Crippen molar-refractivity contribution in [3.63, 3.8) is 0 Å². The van der Waals surface area contributed by atoms with Crippen LogP contribution in [-0.4, -0.2) is 21.6 Å². The van der Waals surface area contributed by atoms with Crippen molar-refractivity contribution >= 4 is 27.8 Å². The van der Waals surface area contributed by atoms with Gasteiger partial charge in [0.05, 0.1) is 0 Å². The van der Waals surface area contributed by atoms with Gasteiger partial charge in [0.25, 0.3) is 0 Å². The van der Waals surface area contributed by atoms with Crippen molar-refractivity contribution in [1.82, 2.24) is 0 Å². The van der Waals surface area contributed by atoms with E-state index in [2.05, 4.69) is 0 Å². The summed E-state index contributed by atoms with van der Waals surface area (Å²) >= 11 is 0. The fraction of sp³-hybridized carbons (Fsp3) is 0. The van der Waals surface area contributed by atoms with E-state index in [1.165, 1.54) is 24.3 Å². The molecule has 0 aliphatic heterocycles. The molecule has 0 aliphatic carbocycles. The maximum absolute atomic E-state index is 10.8. The van der Waals surface area contributed by atoms with Crippen LogP contribution in [0.1, 0.15) is 10.4 Å². The van der Waals surface area contributed by atoms with Gasteiger partial charge in [-0.2, -0.15) is 0 Å². The molecule has 4 heteroatoms. The number of fused-ring (bicyclic) bond motifs is 2. The molecule has 4 nitrogen and oxygen atoms in total. The van der Waals surface area contributed by atoms with Gasteiger partial charge in [-0.15, -0.1) is 0 Å². The van der Waals surface area contributed by atoms with E-state index in [1.807, 2.05) is 0 Å². The van der Waals surface area contributed by atoms with Crippen molar-refractivity contribution in [3.05, 3.63) is 42.0 Å². The van der Waals surface area contributed by atoms with Crippen LogP contribution in [0.15, 0.2) is 36.4 Å². The molecule has 0 aromatic heterocycles. The highest BCUT2D eigenvalue weighted by Gasteiger charge is 2.13. The summed E-state index contributed by atoms with van der Waals surface area (Å²) in [6.07, 6.45) is 0.678. The first-order chi connectivity index (χ1) is 9.11. The monoisotopic (exact) mass is 254 g/mol. The Morgan fingerprint density at radius 2 is 1.32 bits per heavy atom. The van der Waals surface area contributed by atoms with Crippen LogP contribution in [0.3, 0.4) is 0 Å². The molecule has 0 heterocycles. The van der Waals surface area contributed by atoms with E-state index < -0.39 is 0 Å². The number of carbonyl (C=O) groups is 1. The molecule has 0 unspecified atom stereocenters. The zero-order valence-corrected chi connectivity index (χ0v) is 9.79. The maximum atomic E-state index is 10.8. The second-order valence-electron chi connectivity index (χ2n) is 4.35. The molecular weight excluding hydrogens is 244 g/mol. The third-order valence-corrected chi connectivity index (χ3v) is 3.20. The largest absolute Gasteiger partial charge is 0.508 e. The summed E-state index contributed by atoms with van der Waals surface area (Å²) < 4.78 is 0. The summed E-state index contributed by atoms with van der Waals surface area (Å²) in [5, 5.41) is 31.5. The van der Waals surface area contributed by atoms with Crippen molar-refractivity contribution in [2.75, 3.05) is 0 Å². The highest BCUT2D eigenvalue weighted by molar-refractivity contribution is 6.11. The zero-order chi connectivity index (χ0) is 13.6. The molecule has 3 rings (SSSR count). The van der Waals surface area contributed by atoms with Gasteiger partial charge in [-0.25, -0.2) is 0 Å². The van der Waals surface area contributed by atoms with Gasteiger partial charge in [-0.05, 0) is 30.3 Å². The van der Waals surface area contributed by atoms with Crippen molar-refractivity contribution in [3.8, 4) is 17.2 Å². The maximum Gasteiger partial charge on any atom is 0.150 e. The molecule has 0 amide bonds. The molecule has 0 radical (unpaired) electrons. The fourth-order valence-corrected chi connectivity index (χ4v) is 2.26. The SMILES string of the molecule is O=Cc1ccc2c(O)c3cc(O)ccc3c(O)c2c1. The zero-order valence-electron chi connectivity index (χ0n) is 9.79. The molecule has 0 aliphatic rings. The first kappa shape index (κ1) is 11.3. The van der Waals surface area contributed by atoms with Gasteiger partial charge in [-0.3, -0.25) is 4.79 Å². The number of phenols is 3. The Bertz CT molecular complexity index is 821. The predicted octanol–water partition coefficient (Wildman–Crippen LogP) is 2.92. The number of carbonyl (C=O) groups excluding carboxylic acids is 1. The van der Waals surface area contributed by atoms with Gasteiger partial charge in [-0.1, -0.05) is 6.07 Å². The standard InChI is InChI=1S/C15H10O4/c16-7-8-1-3-10-12(5-8)14(18)11-4-2-9(17)6-13(11)15(10)19/h1-7,17-19H. The van der Waals surface area contributed by atoms with Crippen molar-refractivity contribution in [2.45, 2.75) is 0 Å². The molecule has 0 saturated heterocycles. The van der Waals surface area contributed by atoms with E-state index in [9.17, 15) is 20.1 Å². The number of rotatable bonds is 1. The van der Waals surface area contributed by atoms with E-state index in [1.54, 1.807) is 12.1 Å². The van der Waals surface area contributed by atoms with E-state index in [-0.39, 0.29) is 17.2 Å². The lowest BCUT2D eigenvalue weighted by atomic mass is 9.99. The molecule has 3 aromatic carbocycles. The highest BCUT2D eigenvalue weighted by Crippen LogP contribution is 2.42. The normalized spacial score (nSPS) is 10.9. The first-order valence-corrected chi connectivity index (χ1v) is 5.67. The minimum absolute atomic E-state index is 0.00561. The van der Waals surface area contributed by atoms with Gasteiger partial charge < -0.3 is 15.3 Å². The van der Waals surface area contributed by atoms with Crippen LogP contribution in [0.4, 0.5) is 0 Å². The predicted molar refractivity (Wildman–Crippen MR) is 71.8 cm³/mol. The third-order valence-electron chi connectivity index (χ3n) is 3.20. The van der Waals surface area contributed by atoms with Gasteiger partial charge in [0.15, 0.2) is 0 Å². The minimum atomic E-state index is -0.0313. The number of hydrogen-bond acceptors (Lipinski definition) is 4. The molecule has 0 atom stereocenters. The Kier molecular flexibility index (Phi) is 2.32. The fourth-order valence-electron chi connectivity index (χ4n) is 2.26. The summed E-state index contributed by atoms with van der Waals surface area (Å²) in [5.41, 5.74) is 0.417. The molecule has 0 spiro atoms. The van der Waals surface area contributed by atoms with Crippen molar-refractivity contribution < 1.29 is 20.1 Å². The second-order valence-corrected chi connectivity index (χ2v) is 4.35. The summed E-state index contributed by atoms with van der Waals surface area (Å²) in [7, 11) is 0. The van der Waals surface area contributed by atoms with E-state index in [0.29, 0.717) is 33.4 Å². The van der Waals surface area contributed by atoms with Gasteiger partial charge >= 0.3 is 0 Å². The number of aldehydes is 1. The highest BCUT2D eigenvalue weighted by atomic mass is 16.3. The molecule has 0 bridgehead atoms. The molecule has 0 saturated carbocycles. The Hall–Kier alpha value is -2.75. The third kappa shape index (κ3) is 1.57. The summed E-state index contributed by atoms with van der Waals surface area (Å²) in [5.74, 6) is -0.0475. The van der Waals surface area contributed by atoms with Gasteiger partial charge in [0.1, 0.15) is 23.5 Å². The summed E-state index contributed by atoms with van der Waals surface area (Å²) in [6, 6.07) is 8.98. The minimum Gasteiger partial charge on any atom is -0.508 e. The van der Waals surface area contributed by atoms with Crippen LogP contribution in [0.2, 0.25) is 0 Å². The number of phenolic OH excluding ortho intramolecular Hbond substituents is 3. The number of aromatic hydroxyl groups is 3. The molecule has 94 valence electrons. The van der Waals surface area contributed by atoms with Gasteiger partial charge in [0.2, 0.25) is 0 Å². The molecule has 0 fully saturated rings. The Morgan fingerprint density at radius 3 is 1.95 bits per heavy atom. The van der Waals surface area contributed by atoms with Crippen LogP contribution < -0.4 is 0 Å². The van der Waals surface area contributed by atoms with Crippen LogP contribution in [-0.2, 0) is 0 Å². The summed E-state index contributed by atoms with van der Waals surface area (Å²) in [4.78, 5) is 10.8. The van der Waals surface area contributed by atoms with Crippen molar-refractivity contribution in [1.29, 1.82) is 0 Å². The van der Waals surface area contributed by atoms with Crippen LogP contribution in [0, 0.1) is 0 Å². The second kappa shape index (κ2) is 3.88. The molecule has 19 heavy (non-hydrogen) atoms. The topological polar surface area (TPSA) is 77.8 Å². The molecule has 3 N–H and O–H groups in total. The van der Waals surface area contributed by atoms with Gasteiger partial charge in [0, 0.05) is 27.1 Å². The van der Waals surface area contributed by atoms with E-state index in [0.717, 1.165) is 0 Å². The quantitative estimate of drug-likeness (QED) is 0.354. The lowest BCUT2D eigenvalue weighted by molar-refractivity contribution is 0.112. The lowest BCUT2D eigenvalue weighted by Crippen LogP contribution is -1.84. The molecule has 3 aromatic rings. The van der Waals surface area contributed by atoms with Crippen LogP contribution in [0.25, 0.3) is 21.5 Å². The smallest absolute Gasteiger partial charge is 0.150 e. The first-order valence-electron chi connectivity index (χ1n) is 5.67. The lowest BCUT2D eigenvalue weighted by Gasteiger charge is -2.10. The van der Waals surface area contributed by atoms with Crippen LogP contribution in [0.5, 0.6) is 17.2 Å². The van der Waals surface area contributed by atoms with Crippen LogP contribution >= 0.6 is 0 Å². The summed E-state index contributed by atoms with van der Waals surface area (Å²) in [6.45, 7) is 0. The average Bonchev–Trinajstić information content (AvgIpc) is 2.44. The average molecular weight is 254 g/mol. The number of benzene rings is 3.